The Hall–Kier alpha value is -1.93. The average Bonchev–Trinajstić information content (AvgIpc) is 3.16. The van der Waals surface area contributed by atoms with Gasteiger partial charge < -0.3 is 10.2 Å². The number of halogens is 4. The molecule has 0 aliphatic heterocycles. The Morgan fingerprint density at radius 1 is 1.17 bits per heavy atom. The summed E-state index contributed by atoms with van der Waals surface area (Å²) in [6, 6.07) is 6.76. The molecule has 1 amide bonds. The predicted molar refractivity (Wildman–Crippen MR) is 105 cm³/mol. The topological polar surface area (TPSA) is 32.3 Å². The van der Waals surface area contributed by atoms with Crippen LogP contribution in [0.4, 0.5) is 17.6 Å². The number of thiophene rings is 1. The maximum absolute atomic E-state index is 13.4. The van der Waals surface area contributed by atoms with Crippen LogP contribution in [0.1, 0.15) is 52.5 Å². The van der Waals surface area contributed by atoms with Crippen molar-refractivity contribution < 1.29 is 22.4 Å². The number of nitrogens with zero attached hydrogens (tertiary/aromatic N) is 1. The molecule has 1 heterocycles. The summed E-state index contributed by atoms with van der Waals surface area (Å²) in [5.41, 5.74) is -1.59. The van der Waals surface area contributed by atoms with E-state index < -0.39 is 23.5 Å². The standard InChI is InChI=1S/C21H24F4N2OS/c1-27(2)19(18-4-3-11-29-18)13-5-8-15(9-6-13)26-20(28)14-7-10-17(22)16(12-14)21(23,24)25/h3-4,7,10-13,15,19H,5-6,8-9H2,1-2H3,(H,26,28). The van der Waals surface area contributed by atoms with Crippen LogP contribution in [0.25, 0.3) is 0 Å². The molecule has 1 N–H and O–H groups in total. The van der Waals surface area contributed by atoms with Crippen LogP contribution in [-0.2, 0) is 6.18 Å². The summed E-state index contributed by atoms with van der Waals surface area (Å²) >= 11 is 1.73. The zero-order valence-electron chi connectivity index (χ0n) is 16.3. The Morgan fingerprint density at radius 2 is 1.86 bits per heavy atom. The number of benzene rings is 1. The third-order valence-corrected chi connectivity index (χ3v) is 6.42. The molecule has 1 unspecified atom stereocenters. The highest BCUT2D eigenvalue weighted by Gasteiger charge is 2.35. The summed E-state index contributed by atoms with van der Waals surface area (Å²) in [5, 5.41) is 4.88. The second-order valence-corrected chi connectivity index (χ2v) is 8.68. The largest absolute Gasteiger partial charge is 0.419 e. The SMILES string of the molecule is CN(C)C(c1cccs1)C1CCC(NC(=O)c2ccc(F)c(C(F)(F)F)c2)CC1. The third kappa shape index (κ3) is 5.17. The van der Waals surface area contributed by atoms with Crippen molar-refractivity contribution in [3.63, 3.8) is 0 Å². The quantitative estimate of drug-likeness (QED) is 0.638. The zero-order chi connectivity index (χ0) is 21.2. The van der Waals surface area contributed by atoms with Gasteiger partial charge in [0, 0.05) is 22.5 Å². The summed E-state index contributed by atoms with van der Waals surface area (Å²) < 4.78 is 52.1. The van der Waals surface area contributed by atoms with E-state index in [0.717, 1.165) is 31.7 Å². The van der Waals surface area contributed by atoms with Gasteiger partial charge in [-0.05, 0) is 75.3 Å². The van der Waals surface area contributed by atoms with Gasteiger partial charge in [-0.2, -0.15) is 13.2 Å². The van der Waals surface area contributed by atoms with Gasteiger partial charge in [0.25, 0.3) is 5.91 Å². The van der Waals surface area contributed by atoms with Gasteiger partial charge in [0.2, 0.25) is 0 Å². The van der Waals surface area contributed by atoms with Gasteiger partial charge in [0.05, 0.1) is 5.56 Å². The van der Waals surface area contributed by atoms with Crippen LogP contribution in [-0.4, -0.2) is 30.9 Å². The zero-order valence-corrected chi connectivity index (χ0v) is 17.1. The van der Waals surface area contributed by atoms with Gasteiger partial charge in [-0.3, -0.25) is 4.79 Å². The molecular weight excluding hydrogens is 404 g/mol. The summed E-state index contributed by atoms with van der Waals surface area (Å²) in [5.74, 6) is -1.52. The number of amides is 1. The molecule has 3 nitrogen and oxygen atoms in total. The highest BCUT2D eigenvalue weighted by Crippen LogP contribution is 2.39. The molecule has 3 rings (SSSR count). The molecule has 1 saturated carbocycles. The Labute approximate surface area is 171 Å². The molecular formula is C21H24F4N2OS. The Balaban J connectivity index is 1.62. The fraction of sp³-hybridized carbons (Fsp3) is 0.476. The highest BCUT2D eigenvalue weighted by molar-refractivity contribution is 7.10. The van der Waals surface area contributed by atoms with Gasteiger partial charge in [0.1, 0.15) is 5.82 Å². The summed E-state index contributed by atoms with van der Waals surface area (Å²) in [7, 11) is 4.12. The fourth-order valence-electron chi connectivity index (χ4n) is 4.10. The summed E-state index contributed by atoms with van der Waals surface area (Å²) in [6.45, 7) is 0. The maximum atomic E-state index is 13.4. The lowest BCUT2D eigenvalue weighted by atomic mass is 9.80. The molecule has 1 aliphatic rings. The maximum Gasteiger partial charge on any atom is 0.419 e. The lowest BCUT2D eigenvalue weighted by molar-refractivity contribution is -0.140. The normalized spacial score (nSPS) is 21.2. The van der Waals surface area contributed by atoms with Gasteiger partial charge in [-0.15, -0.1) is 11.3 Å². The van der Waals surface area contributed by atoms with E-state index in [0.29, 0.717) is 24.1 Å². The Bertz CT molecular complexity index is 828. The van der Waals surface area contributed by atoms with Gasteiger partial charge in [-0.1, -0.05) is 6.07 Å². The molecule has 8 heteroatoms. The van der Waals surface area contributed by atoms with Crippen LogP contribution >= 0.6 is 11.3 Å². The second-order valence-electron chi connectivity index (χ2n) is 7.70. The first kappa shape index (κ1) is 21.8. The molecule has 1 aromatic carbocycles. The second kappa shape index (κ2) is 8.83. The number of hydrogen-bond acceptors (Lipinski definition) is 3. The van der Waals surface area contributed by atoms with Crippen LogP contribution in [0.2, 0.25) is 0 Å². The van der Waals surface area contributed by atoms with Crippen molar-refractivity contribution in [2.75, 3.05) is 14.1 Å². The van der Waals surface area contributed by atoms with E-state index in [9.17, 15) is 22.4 Å². The third-order valence-electron chi connectivity index (χ3n) is 5.48. The van der Waals surface area contributed by atoms with E-state index in [1.165, 1.54) is 4.88 Å². The number of rotatable bonds is 5. The van der Waals surface area contributed by atoms with E-state index in [2.05, 4.69) is 35.8 Å². The van der Waals surface area contributed by atoms with Crippen molar-refractivity contribution in [3.05, 3.63) is 57.5 Å². The molecule has 0 saturated heterocycles. The molecule has 0 spiro atoms. The fourth-order valence-corrected chi connectivity index (χ4v) is 5.11. The van der Waals surface area contributed by atoms with E-state index in [4.69, 9.17) is 0 Å². The van der Waals surface area contributed by atoms with Crippen molar-refractivity contribution in [2.45, 2.75) is 43.9 Å². The van der Waals surface area contributed by atoms with Crippen LogP contribution in [0.5, 0.6) is 0 Å². The predicted octanol–water partition coefficient (Wildman–Crippen LogP) is 5.50. The number of hydrogen-bond donors (Lipinski definition) is 1. The molecule has 1 fully saturated rings. The summed E-state index contributed by atoms with van der Waals surface area (Å²) in [4.78, 5) is 15.9. The van der Waals surface area contributed by atoms with Crippen molar-refractivity contribution in [3.8, 4) is 0 Å². The monoisotopic (exact) mass is 428 g/mol. The first-order chi connectivity index (χ1) is 13.7. The van der Waals surface area contributed by atoms with E-state index in [-0.39, 0.29) is 11.6 Å². The van der Waals surface area contributed by atoms with Gasteiger partial charge in [0.15, 0.2) is 0 Å². The van der Waals surface area contributed by atoms with Crippen LogP contribution < -0.4 is 5.32 Å². The number of carbonyl (C=O) groups excluding carboxylic acids is 1. The molecule has 1 aliphatic carbocycles. The highest BCUT2D eigenvalue weighted by atomic mass is 32.1. The molecule has 29 heavy (non-hydrogen) atoms. The molecule has 0 bridgehead atoms. The minimum Gasteiger partial charge on any atom is -0.349 e. The Kier molecular flexibility index (Phi) is 6.63. The van der Waals surface area contributed by atoms with Crippen LogP contribution in [0.15, 0.2) is 35.7 Å². The van der Waals surface area contributed by atoms with Crippen molar-refractivity contribution in [2.24, 2.45) is 5.92 Å². The molecule has 1 atom stereocenters. The van der Waals surface area contributed by atoms with Crippen molar-refractivity contribution in [1.82, 2.24) is 10.2 Å². The van der Waals surface area contributed by atoms with E-state index in [1.54, 1.807) is 11.3 Å². The van der Waals surface area contributed by atoms with Gasteiger partial charge in [-0.25, -0.2) is 4.39 Å². The first-order valence-corrected chi connectivity index (χ1v) is 10.4. The lowest BCUT2D eigenvalue weighted by Gasteiger charge is -2.37. The van der Waals surface area contributed by atoms with Crippen LogP contribution in [0, 0.1) is 11.7 Å². The van der Waals surface area contributed by atoms with E-state index >= 15 is 0 Å². The van der Waals surface area contributed by atoms with Crippen molar-refractivity contribution in [1.29, 1.82) is 0 Å². The summed E-state index contributed by atoms with van der Waals surface area (Å²) in [6.07, 6.45) is -1.47. The Morgan fingerprint density at radius 3 is 2.41 bits per heavy atom. The van der Waals surface area contributed by atoms with Crippen molar-refractivity contribution >= 4 is 17.2 Å². The smallest absolute Gasteiger partial charge is 0.349 e. The van der Waals surface area contributed by atoms with Gasteiger partial charge >= 0.3 is 6.18 Å². The molecule has 1 aromatic heterocycles. The molecule has 0 radical (unpaired) electrons. The first-order valence-electron chi connectivity index (χ1n) is 9.54. The number of carbonyl (C=O) groups is 1. The molecule has 158 valence electrons. The van der Waals surface area contributed by atoms with E-state index in [1.807, 2.05) is 6.07 Å². The lowest BCUT2D eigenvalue weighted by Crippen LogP contribution is -2.39. The number of nitrogens with one attached hydrogen (secondary N) is 1. The minimum absolute atomic E-state index is 0.0933. The van der Waals surface area contributed by atoms with Crippen LogP contribution in [0.3, 0.4) is 0 Å². The minimum atomic E-state index is -4.83. The molecule has 2 aromatic rings. The number of alkyl halides is 3. The average molecular weight is 428 g/mol.